The molecule has 31 heavy (non-hydrogen) atoms. The van der Waals surface area contributed by atoms with Crippen molar-refractivity contribution < 1.29 is 28.2 Å². The molecule has 2 aromatic rings. The number of carbonyl (C=O) groups is 2. The van der Waals surface area contributed by atoms with Gasteiger partial charge in [-0.05, 0) is 63.2 Å². The lowest BCUT2D eigenvalue weighted by molar-refractivity contribution is -0.140. The van der Waals surface area contributed by atoms with E-state index < -0.39 is 29.3 Å². The zero-order valence-electron chi connectivity index (χ0n) is 17.6. The highest BCUT2D eigenvalue weighted by molar-refractivity contribution is 6.46. The molecule has 0 radical (unpaired) electrons. The van der Waals surface area contributed by atoms with Gasteiger partial charge in [0.2, 0.25) is 0 Å². The Morgan fingerprint density at radius 1 is 1.19 bits per heavy atom. The van der Waals surface area contributed by atoms with Gasteiger partial charge in [-0.25, -0.2) is 4.39 Å². The number of halogens is 1. The number of furan rings is 1. The minimum Gasteiger partial charge on any atom is -0.507 e. The molecule has 164 valence electrons. The third-order valence-corrected chi connectivity index (χ3v) is 5.84. The Morgan fingerprint density at radius 2 is 1.94 bits per heavy atom. The van der Waals surface area contributed by atoms with Crippen LogP contribution in [0.25, 0.3) is 5.76 Å². The van der Waals surface area contributed by atoms with E-state index in [2.05, 4.69) is 4.90 Å². The maximum atomic E-state index is 13.9. The first-order valence-corrected chi connectivity index (χ1v) is 10.3. The second-order valence-electron chi connectivity index (χ2n) is 7.83. The molecule has 3 heterocycles. The average molecular weight is 428 g/mol. The molecule has 1 aromatic carbocycles. The molecule has 0 saturated carbocycles. The predicted molar refractivity (Wildman–Crippen MR) is 111 cm³/mol. The number of nitrogens with zero attached hydrogens (tertiary/aromatic N) is 2. The van der Waals surface area contributed by atoms with Crippen molar-refractivity contribution in [2.45, 2.75) is 25.8 Å². The Morgan fingerprint density at radius 3 is 2.58 bits per heavy atom. The summed E-state index contributed by atoms with van der Waals surface area (Å²) in [5.41, 5.74) is -0.127. The van der Waals surface area contributed by atoms with Crippen molar-refractivity contribution in [1.82, 2.24) is 9.80 Å². The minimum absolute atomic E-state index is 0.00770. The number of hydrogen-bond donors (Lipinski definition) is 1. The van der Waals surface area contributed by atoms with Gasteiger partial charge in [-0.1, -0.05) is 0 Å². The summed E-state index contributed by atoms with van der Waals surface area (Å²) in [5.74, 6) is -1.46. The Labute approximate surface area is 179 Å². The largest absolute Gasteiger partial charge is 0.507 e. The summed E-state index contributed by atoms with van der Waals surface area (Å²) in [4.78, 5) is 29.6. The van der Waals surface area contributed by atoms with Crippen molar-refractivity contribution >= 4 is 17.4 Å². The molecule has 2 aliphatic heterocycles. The molecular formula is C23H25FN2O5. The first-order valence-electron chi connectivity index (χ1n) is 10.3. The van der Waals surface area contributed by atoms with E-state index in [1.165, 1.54) is 24.1 Å². The summed E-state index contributed by atoms with van der Waals surface area (Å²) >= 11 is 0. The highest BCUT2D eigenvalue weighted by Crippen LogP contribution is 2.41. The standard InChI is InChI=1S/C23H25FN2O5/c1-14-5-7-18(31-14)20-19(21(27)16-13-15(24)6-8-17(16)30-2)22(28)23(29)26(20)12-11-25-9-3-4-10-25/h5-8,13,20,27H,3-4,9-12H2,1-2H3/b21-19+. The molecule has 1 atom stereocenters. The summed E-state index contributed by atoms with van der Waals surface area (Å²) in [7, 11) is 1.38. The zero-order chi connectivity index (χ0) is 22.1. The van der Waals surface area contributed by atoms with Gasteiger partial charge in [-0.15, -0.1) is 0 Å². The van der Waals surface area contributed by atoms with Crippen LogP contribution in [0.15, 0.2) is 40.3 Å². The van der Waals surface area contributed by atoms with Crippen molar-refractivity contribution in [3.63, 3.8) is 0 Å². The summed E-state index contributed by atoms with van der Waals surface area (Å²) in [6.07, 6.45) is 2.22. The number of likely N-dealkylation sites (tertiary alicyclic amines) is 2. The van der Waals surface area contributed by atoms with Gasteiger partial charge < -0.3 is 24.1 Å². The number of aliphatic hydroxyl groups excluding tert-OH is 1. The van der Waals surface area contributed by atoms with E-state index in [-0.39, 0.29) is 16.9 Å². The number of ether oxygens (including phenoxy) is 1. The van der Waals surface area contributed by atoms with Crippen molar-refractivity contribution in [1.29, 1.82) is 0 Å². The molecule has 7 nitrogen and oxygen atoms in total. The SMILES string of the molecule is COc1ccc(F)cc1/C(O)=C1\C(=O)C(=O)N(CCN2CCCC2)C1c1ccc(C)o1. The lowest BCUT2D eigenvalue weighted by Crippen LogP contribution is -2.37. The quantitative estimate of drug-likeness (QED) is 0.432. The molecule has 0 aliphatic carbocycles. The fraction of sp³-hybridized carbons (Fsp3) is 0.391. The fourth-order valence-electron chi connectivity index (χ4n) is 4.27. The van der Waals surface area contributed by atoms with E-state index in [4.69, 9.17) is 9.15 Å². The van der Waals surface area contributed by atoms with Crippen molar-refractivity contribution in [3.05, 3.63) is 58.8 Å². The van der Waals surface area contributed by atoms with E-state index in [0.717, 1.165) is 32.0 Å². The van der Waals surface area contributed by atoms with E-state index in [0.29, 0.717) is 24.6 Å². The fourth-order valence-corrected chi connectivity index (χ4v) is 4.27. The number of ketones is 1. The van der Waals surface area contributed by atoms with Crippen LogP contribution < -0.4 is 4.74 Å². The smallest absolute Gasteiger partial charge is 0.295 e. The second-order valence-corrected chi connectivity index (χ2v) is 7.83. The number of amides is 1. The van der Waals surface area contributed by atoms with Gasteiger partial charge in [0.05, 0.1) is 18.2 Å². The van der Waals surface area contributed by atoms with Crippen LogP contribution in [0.4, 0.5) is 4.39 Å². The molecule has 0 spiro atoms. The topological polar surface area (TPSA) is 83.2 Å². The Bertz CT molecular complexity index is 1040. The van der Waals surface area contributed by atoms with Gasteiger partial charge in [-0.2, -0.15) is 0 Å². The normalized spacial score (nSPS) is 21.3. The molecule has 1 unspecified atom stereocenters. The number of carbonyl (C=O) groups excluding carboxylic acids is 2. The molecular weight excluding hydrogens is 403 g/mol. The van der Waals surface area contributed by atoms with E-state index in [9.17, 15) is 19.1 Å². The predicted octanol–water partition coefficient (Wildman–Crippen LogP) is 3.25. The van der Waals surface area contributed by atoms with Crippen LogP contribution in [-0.2, 0) is 9.59 Å². The van der Waals surface area contributed by atoms with Gasteiger partial charge in [0.15, 0.2) is 0 Å². The Balaban J connectivity index is 1.79. The van der Waals surface area contributed by atoms with Crippen LogP contribution in [0.1, 0.15) is 36.0 Å². The zero-order valence-corrected chi connectivity index (χ0v) is 17.6. The van der Waals surface area contributed by atoms with Gasteiger partial charge in [-0.3, -0.25) is 9.59 Å². The molecule has 0 bridgehead atoms. The first-order chi connectivity index (χ1) is 14.9. The molecule has 8 heteroatoms. The maximum absolute atomic E-state index is 13.9. The molecule has 4 rings (SSSR count). The van der Waals surface area contributed by atoms with Crippen LogP contribution in [0.5, 0.6) is 5.75 Å². The minimum atomic E-state index is -0.899. The van der Waals surface area contributed by atoms with Crippen molar-refractivity contribution in [2.24, 2.45) is 0 Å². The maximum Gasteiger partial charge on any atom is 0.295 e. The lowest BCUT2D eigenvalue weighted by Gasteiger charge is -2.25. The van der Waals surface area contributed by atoms with Gasteiger partial charge in [0, 0.05) is 13.1 Å². The van der Waals surface area contributed by atoms with Gasteiger partial charge in [0.25, 0.3) is 11.7 Å². The third kappa shape index (κ3) is 3.95. The molecule has 2 fully saturated rings. The molecule has 2 saturated heterocycles. The monoisotopic (exact) mass is 428 g/mol. The van der Waals surface area contributed by atoms with E-state index >= 15 is 0 Å². The average Bonchev–Trinajstić information content (AvgIpc) is 3.48. The summed E-state index contributed by atoms with van der Waals surface area (Å²) in [5, 5.41) is 11.1. The first kappa shape index (κ1) is 21.1. The van der Waals surface area contributed by atoms with Crippen LogP contribution in [0.2, 0.25) is 0 Å². The Hall–Kier alpha value is -3.13. The highest BCUT2D eigenvalue weighted by atomic mass is 19.1. The highest BCUT2D eigenvalue weighted by Gasteiger charge is 2.47. The van der Waals surface area contributed by atoms with Gasteiger partial charge >= 0.3 is 0 Å². The number of aliphatic hydroxyl groups is 1. The molecule has 1 N–H and O–H groups in total. The number of benzene rings is 1. The third-order valence-electron chi connectivity index (χ3n) is 5.84. The summed E-state index contributed by atoms with van der Waals surface area (Å²) in [6, 6.07) is 6.15. The second kappa shape index (κ2) is 8.55. The van der Waals surface area contributed by atoms with Crippen LogP contribution in [-0.4, -0.2) is 59.9 Å². The van der Waals surface area contributed by atoms with Gasteiger partial charge in [0.1, 0.15) is 34.9 Å². The number of rotatable bonds is 6. The van der Waals surface area contributed by atoms with E-state index in [1.807, 2.05) is 0 Å². The van der Waals surface area contributed by atoms with Crippen molar-refractivity contribution in [3.8, 4) is 5.75 Å². The number of hydrogen-bond acceptors (Lipinski definition) is 6. The Kier molecular flexibility index (Phi) is 5.82. The van der Waals surface area contributed by atoms with E-state index in [1.54, 1.807) is 19.1 Å². The molecule has 1 aromatic heterocycles. The lowest BCUT2D eigenvalue weighted by atomic mass is 9.98. The number of aryl methyl sites for hydroxylation is 1. The van der Waals surface area contributed by atoms with Crippen molar-refractivity contribution in [2.75, 3.05) is 33.3 Å². The summed E-state index contributed by atoms with van der Waals surface area (Å²) < 4.78 is 24.9. The van der Waals surface area contributed by atoms with Crippen LogP contribution in [0.3, 0.4) is 0 Å². The van der Waals surface area contributed by atoms with Crippen LogP contribution >= 0.6 is 0 Å². The summed E-state index contributed by atoms with van der Waals surface area (Å²) in [6.45, 7) is 4.60. The number of Topliss-reactive ketones (excluding diaryl/α,β-unsaturated/α-hetero) is 1. The number of methoxy groups -OCH3 is 1. The molecule has 2 aliphatic rings. The molecule has 1 amide bonds. The van der Waals surface area contributed by atoms with Crippen LogP contribution in [0, 0.1) is 12.7 Å².